The summed E-state index contributed by atoms with van der Waals surface area (Å²) in [4.78, 5) is 13.1. The monoisotopic (exact) mass is 153 g/mol. The molecule has 2 nitrogen and oxygen atoms in total. The Hall–Kier alpha value is -0.790. The molecule has 1 aliphatic rings. The average molecular weight is 153 g/mol. The molecule has 0 amide bonds. The minimum Gasteiger partial charge on any atom is -0.381 e. The van der Waals surface area contributed by atoms with Crippen LogP contribution in [-0.2, 0) is 4.79 Å². The van der Waals surface area contributed by atoms with Gasteiger partial charge in [0.1, 0.15) is 0 Å². The van der Waals surface area contributed by atoms with Gasteiger partial charge in [0.2, 0.25) is 0 Å². The van der Waals surface area contributed by atoms with E-state index in [9.17, 15) is 4.79 Å². The van der Waals surface area contributed by atoms with Crippen molar-refractivity contribution in [2.75, 3.05) is 14.1 Å². The van der Waals surface area contributed by atoms with Crippen molar-refractivity contribution in [3.05, 3.63) is 11.8 Å². The Morgan fingerprint density at radius 2 is 2.09 bits per heavy atom. The summed E-state index contributed by atoms with van der Waals surface area (Å²) in [5, 5.41) is 0. The largest absolute Gasteiger partial charge is 0.381 e. The highest BCUT2D eigenvalue weighted by atomic mass is 16.1. The molecule has 1 atom stereocenters. The van der Waals surface area contributed by atoms with E-state index < -0.39 is 0 Å². The van der Waals surface area contributed by atoms with Crippen LogP contribution in [0.15, 0.2) is 11.8 Å². The third-order valence-electron chi connectivity index (χ3n) is 2.01. The maximum atomic E-state index is 11.1. The lowest BCUT2D eigenvalue weighted by atomic mass is 9.93. The van der Waals surface area contributed by atoms with Crippen LogP contribution in [-0.4, -0.2) is 24.8 Å². The molecule has 2 heteroatoms. The highest BCUT2D eigenvalue weighted by molar-refractivity contribution is 5.91. The Labute approximate surface area is 67.9 Å². The molecular formula is C9H15NO. The lowest BCUT2D eigenvalue weighted by molar-refractivity contribution is -0.115. The van der Waals surface area contributed by atoms with Gasteiger partial charge in [-0.15, -0.1) is 0 Å². The Bertz CT molecular complexity index is 194. The van der Waals surface area contributed by atoms with Crippen LogP contribution in [0.5, 0.6) is 0 Å². The Morgan fingerprint density at radius 1 is 1.45 bits per heavy atom. The summed E-state index contributed by atoms with van der Waals surface area (Å²) < 4.78 is 0. The zero-order valence-electron chi connectivity index (χ0n) is 7.42. The third-order valence-corrected chi connectivity index (χ3v) is 2.01. The molecule has 0 aromatic heterocycles. The smallest absolute Gasteiger partial charge is 0.157 e. The third kappa shape index (κ3) is 2.07. The summed E-state index contributed by atoms with van der Waals surface area (Å²) >= 11 is 0. The summed E-state index contributed by atoms with van der Waals surface area (Å²) in [6.45, 7) is 2.12. The van der Waals surface area contributed by atoms with Crippen molar-refractivity contribution >= 4 is 5.78 Å². The van der Waals surface area contributed by atoms with Crippen molar-refractivity contribution in [3.8, 4) is 0 Å². The Kier molecular flexibility index (Phi) is 2.32. The number of hydrogen-bond donors (Lipinski definition) is 0. The maximum Gasteiger partial charge on any atom is 0.157 e. The molecule has 0 N–H and O–H groups in total. The van der Waals surface area contributed by atoms with E-state index in [2.05, 4.69) is 6.92 Å². The molecule has 0 saturated heterocycles. The molecular weight excluding hydrogens is 138 g/mol. The molecule has 1 unspecified atom stereocenters. The molecule has 0 heterocycles. The van der Waals surface area contributed by atoms with Crippen molar-refractivity contribution < 1.29 is 4.79 Å². The van der Waals surface area contributed by atoms with E-state index >= 15 is 0 Å². The molecule has 11 heavy (non-hydrogen) atoms. The number of ketones is 1. The summed E-state index contributed by atoms with van der Waals surface area (Å²) in [7, 11) is 3.97. The standard InChI is InChI=1S/C9H15NO/c1-7-4-8(10(2)3)6-9(11)5-7/h6-7H,4-5H2,1-3H3. The van der Waals surface area contributed by atoms with Crippen molar-refractivity contribution in [3.63, 3.8) is 0 Å². The van der Waals surface area contributed by atoms with Gasteiger partial charge in [0.15, 0.2) is 5.78 Å². The topological polar surface area (TPSA) is 20.3 Å². The second-order valence-electron chi connectivity index (χ2n) is 3.51. The van der Waals surface area contributed by atoms with Gasteiger partial charge < -0.3 is 4.90 Å². The Morgan fingerprint density at radius 3 is 2.55 bits per heavy atom. The van der Waals surface area contributed by atoms with Gasteiger partial charge in [0.05, 0.1) is 0 Å². The van der Waals surface area contributed by atoms with Crippen LogP contribution in [0.4, 0.5) is 0 Å². The minimum absolute atomic E-state index is 0.271. The lowest BCUT2D eigenvalue weighted by Gasteiger charge is -2.23. The lowest BCUT2D eigenvalue weighted by Crippen LogP contribution is -2.20. The SMILES string of the molecule is CC1CC(=O)C=C(N(C)C)C1. The number of nitrogens with zero attached hydrogens (tertiary/aromatic N) is 1. The zero-order chi connectivity index (χ0) is 8.43. The molecule has 0 radical (unpaired) electrons. The van der Waals surface area contributed by atoms with Gasteiger partial charge in [0.25, 0.3) is 0 Å². The fourth-order valence-corrected chi connectivity index (χ4v) is 1.39. The van der Waals surface area contributed by atoms with Crippen LogP contribution in [0, 0.1) is 5.92 Å². The molecule has 1 aliphatic carbocycles. The van der Waals surface area contributed by atoms with Gasteiger partial charge in [-0.25, -0.2) is 0 Å². The van der Waals surface area contributed by atoms with Crippen LogP contribution in [0.2, 0.25) is 0 Å². The molecule has 0 fully saturated rings. The highest BCUT2D eigenvalue weighted by Gasteiger charge is 2.17. The fraction of sp³-hybridized carbons (Fsp3) is 0.667. The first kappa shape index (κ1) is 8.31. The first-order valence-corrected chi connectivity index (χ1v) is 4.00. The van der Waals surface area contributed by atoms with Gasteiger partial charge in [-0.3, -0.25) is 4.79 Å². The van der Waals surface area contributed by atoms with Crippen molar-refractivity contribution in [1.82, 2.24) is 4.90 Å². The summed E-state index contributed by atoms with van der Waals surface area (Å²) in [5.74, 6) is 0.789. The molecule has 0 saturated carbocycles. The summed E-state index contributed by atoms with van der Waals surface area (Å²) in [6, 6.07) is 0. The van der Waals surface area contributed by atoms with E-state index in [1.54, 1.807) is 6.08 Å². The predicted molar refractivity (Wildman–Crippen MR) is 45.2 cm³/mol. The number of carbonyl (C=O) groups is 1. The summed E-state index contributed by atoms with van der Waals surface area (Å²) in [6.07, 6.45) is 3.52. The Balaban J connectivity index is 2.72. The molecule has 0 spiro atoms. The van der Waals surface area contributed by atoms with Gasteiger partial charge >= 0.3 is 0 Å². The highest BCUT2D eigenvalue weighted by Crippen LogP contribution is 2.22. The van der Waals surface area contributed by atoms with E-state index in [0.717, 1.165) is 18.5 Å². The van der Waals surface area contributed by atoms with Crippen molar-refractivity contribution in [2.45, 2.75) is 19.8 Å². The van der Waals surface area contributed by atoms with Crippen LogP contribution in [0.25, 0.3) is 0 Å². The van der Waals surface area contributed by atoms with Crippen molar-refractivity contribution in [1.29, 1.82) is 0 Å². The minimum atomic E-state index is 0.271. The first-order valence-electron chi connectivity index (χ1n) is 4.00. The van der Waals surface area contributed by atoms with Gasteiger partial charge in [-0.05, 0) is 12.3 Å². The van der Waals surface area contributed by atoms with E-state index in [1.807, 2.05) is 19.0 Å². The molecule has 1 rings (SSSR count). The second kappa shape index (κ2) is 3.07. The molecule has 0 bridgehead atoms. The fourth-order valence-electron chi connectivity index (χ4n) is 1.39. The van der Waals surface area contributed by atoms with Crippen LogP contribution < -0.4 is 0 Å². The van der Waals surface area contributed by atoms with Crippen LogP contribution in [0.1, 0.15) is 19.8 Å². The molecule has 0 aromatic rings. The van der Waals surface area contributed by atoms with Gasteiger partial charge in [-0.2, -0.15) is 0 Å². The van der Waals surface area contributed by atoms with Crippen LogP contribution in [0.3, 0.4) is 0 Å². The number of rotatable bonds is 1. The van der Waals surface area contributed by atoms with E-state index in [0.29, 0.717) is 5.92 Å². The molecule has 62 valence electrons. The molecule has 0 aliphatic heterocycles. The quantitative estimate of drug-likeness (QED) is 0.568. The number of carbonyl (C=O) groups excluding carboxylic acids is 1. The number of hydrogen-bond acceptors (Lipinski definition) is 2. The van der Waals surface area contributed by atoms with E-state index in [-0.39, 0.29) is 5.78 Å². The first-order chi connectivity index (χ1) is 5.09. The summed E-state index contributed by atoms with van der Waals surface area (Å²) in [5.41, 5.74) is 1.16. The normalized spacial score (nSPS) is 24.8. The van der Waals surface area contributed by atoms with Gasteiger partial charge in [0, 0.05) is 32.3 Å². The second-order valence-corrected chi connectivity index (χ2v) is 3.51. The maximum absolute atomic E-state index is 11.1. The molecule has 0 aromatic carbocycles. The average Bonchev–Trinajstić information content (AvgIpc) is 1.85. The number of allylic oxidation sites excluding steroid dienone is 2. The van der Waals surface area contributed by atoms with E-state index in [1.165, 1.54) is 0 Å². The van der Waals surface area contributed by atoms with E-state index in [4.69, 9.17) is 0 Å². The van der Waals surface area contributed by atoms with Crippen LogP contribution >= 0.6 is 0 Å². The zero-order valence-corrected chi connectivity index (χ0v) is 7.42. The van der Waals surface area contributed by atoms with Crippen molar-refractivity contribution in [2.24, 2.45) is 5.92 Å². The predicted octanol–water partition coefficient (Wildman–Crippen LogP) is 1.43. The van der Waals surface area contributed by atoms with Gasteiger partial charge in [-0.1, -0.05) is 6.92 Å².